The number of hydrogen-bond acceptors (Lipinski definition) is 11. The second-order valence-electron chi connectivity index (χ2n) is 12.0. The van der Waals surface area contributed by atoms with Crippen LogP contribution in [0.2, 0.25) is 0 Å². The van der Waals surface area contributed by atoms with Crippen molar-refractivity contribution in [1.82, 2.24) is 10.2 Å². The van der Waals surface area contributed by atoms with Gasteiger partial charge in [-0.15, -0.1) is 0 Å². The van der Waals surface area contributed by atoms with Gasteiger partial charge < -0.3 is 44.9 Å². The number of likely N-dealkylation sites (tertiary alicyclic amines) is 1. The molecule has 5 N–H and O–H groups in total. The lowest BCUT2D eigenvalue weighted by molar-refractivity contribution is -0.176. The van der Waals surface area contributed by atoms with Gasteiger partial charge in [0.05, 0.1) is 23.9 Å². The van der Waals surface area contributed by atoms with Crippen molar-refractivity contribution in [3.8, 4) is 11.5 Å². The number of carboxylic acids is 1. The highest BCUT2D eigenvalue weighted by atomic mass is 16.6. The number of likely N-dealkylation sites (N-methyl/N-ethyl adjacent to an activating group) is 1. The van der Waals surface area contributed by atoms with Crippen molar-refractivity contribution >= 4 is 23.8 Å². The molecule has 2 aliphatic heterocycles. The summed E-state index contributed by atoms with van der Waals surface area (Å²) in [5, 5.41) is 43.4. The number of amides is 1. The molecule has 2 aromatic carbocycles. The van der Waals surface area contributed by atoms with E-state index in [1.165, 1.54) is 0 Å². The number of rotatable bonds is 10. The molecule has 2 unspecified atom stereocenters. The largest absolute Gasteiger partial charge is 0.504 e. The number of carboxylic acid groups (broad SMARTS) is 1. The Morgan fingerprint density at radius 3 is 2.64 bits per heavy atom. The van der Waals surface area contributed by atoms with Gasteiger partial charge in [-0.1, -0.05) is 36.4 Å². The molecule has 45 heavy (non-hydrogen) atoms. The van der Waals surface area contributed by atoms with Gasteiger partial charge in [-0.2, -0.15) is 0 Å². The van der Waals surface area contributed by atoms with Crippen molar-refractivity contribution < 1.29 is 53.8 Å². The van der Waals surface area contributed by atoms with Crippen molar-refractivity contribution in [3.05, 3.63) is 71.0 Å². The topological polar surface area (TPSA) is 192 Å². The van der Waals surface area contributed by atoms with E-state index in [9.17, 15) is 34.5 Å². The molecular weight excluding hydrogens is 588 g/mol. The van der Waals surface area contributed by atoms with E-state index in [1.54, 1.807) is 42.5 Å². The Hall–Kier alpha value is -4.46. The number of nitrogens with zero attached hydrogens (tertiary/aromatic N) is 1. The number of hydrogen-bond donors (Lipinski definition) is 5. The number of aliphatic carboxylic acids is 1. The lowest BCUT2D eigenvalue weighted by Crippen LogP contribution is -2.74. The van der Waals surface area contributed by atoms with E-state index in [0.717, 1.165) is 11.1 Å². The molecule has 1 fully saturated rings. The van der Waals surface area contributed by atoms with Crippen molar-refractivity contribution in [1.29, 1.82) is 0 Å². The Kier molecular flexibility index (Phi) is 7.79. The molecule has 6 rings (SSSR count). The van der Waals surface area contributed by atoms with Gasteiger partial charge in [0, 0.05) is 30.1 Å². The van der Waals surface area contributed by atoms with Crippen LogP contribution in [0.25, 0.3) is 0 Å². The first-order valence-electron chi connectivity index (χ1n) is 14.7. The summed E-state index contributed by atoms with van der Waals surface area (Å²) in [6, 6.07) is 11.4. The average molecular weight is 623 g/mol. The van der Waals surface area contributed by atoms with E-state index >= 15 is 0 Å². The molecular formula is C32H34N2O11. The summed E-state index contributed by atoms with van der Waals surface area (Å²) in [6.45, 7) is 0.432. The summed E-state index contributed by atoms with van der Waals surface area (Å²) < 4.78 is 17.8. The highest BCUT2D eigenvalue weighted by Crippen LogP contribution is 2.65. The van der Waals surface area contributed by atoms with E-state index in [0.29, 0.717) is 24.9 Å². The number of ether oxygens (including phenoxy) is 3. The first-order chi connectivity index (χ1) is 21.5. The van der Waals surface area contributed by atoms with Gasteiger partial charge in [0.1, 0.15) is 5.76 Å². The third kappa shape index (κ3) is 5.00. The molecule has 6 atom stereocenters. The van der Waals surface area contributed by atoms with Crippen molar-refractivity contribution in [3.63, 3.8) is 0 Å². The number of aromatic hydroxyl groups is 1. The van der Waals surface area contributed by atoms with Gasteiger partial charge in [-0.05, 0) is 44.1 Å². The Morgan fingerprint density at radius 1 is 1.16 bits per heavy atom. The van der Waals surface area contributed by atoms with Crippen LogP contribution in [0.3, 0.4) is 0 Å². The first kappa shape index (κ1) is 30.6. The fourth-order valence-electron chi connectivity index (χ4n) is 7.32. The maximum Gasteiger partial charge on any atom is 0.357 e. The molecule has 1 amide bonds. The fourth-order valence-corrected chi connectivity index (χ4v) is 7.32. The minimum atomic E-state index is -1.87. The number of aliphatic hydroxyl groups is 2. The molecule has 0 aromatic heterocycles. The summed E-state index contributed by atoms with van der Waals surface area (Å²) in [6.07, 6.45) is -2.43. The van der Waals surface area contributed by atoms with Gasteiger partial charge in [-0.25, -0.2) is 9.59 Å². The number of benzene rings is 2. The molecule has 0 saturated carbocycles. The average Bonchev–Trinajstić information content (AvgIpc) is 3.37. The maximum atomic E-state index is 13.7. The smallest absolute Gasteiger partial charge is 0.357 e. The van der Waals surface area contributed by atoms with Crippen LogP contribution in [0.15, 0.2) is 54.3 Å². The van der Waals surface area contributed by atoms with E-state index in [-0.39, 0.29) is 42.7 Å². The van der Waals surface area contributed by atoms with Crippen LogP contribution in [0, 0.1) is 0 Å². The number of carbonyl (C=O) groups excluding carboxylic acids is 3. The van der Waals surface area contributed by atoms with Crippen LogP contribution in [0.5, 0.6) is 11.5 Å². The number of nitrogens with one attached hydrogen (secondary N) is 1. The Morgan fingerprint density at radius 2 is 1.91 bits per heavy atom. The Labute approximate surface area is 258 Å². The number of esters is 2. The van der Waals surface area contributed by atoms with Gasteiger partial charge in [-0.3, -0.25) is 9.59 Å². The molecule has 4 aliphatic rings. The van der Waals surface area contributed by atoms with Crippen LogP contribution in [-0.2, 0) is 40.5 Å². The SMILES string of the molecule is CN1CCC23c4c5ccc(O)c4OC2C(OC(=O)[C@H](OC(=O)CCNC(=O)C[C@H](O)C(=O)O)c2ccccc2)=CC[C@@]3(O)[C@H]1C5. The predicted octanol–water partition coefficient (Wildman–Crippen LogP) is 0.840. The lowest BCUT2D eigenvalue weighted by atomic mass is 9.50. The molecule has 13 nitrogen and oxygen atoms in total. The van der Waals surface area contributed by atoms with Crippen molar-refractivity contribution in [2.24, 2.45) is 0 Å². The summed E-state index contributed by atoms with van der Waals surface area (Å²) in [4.78, 5) is 51.2. The van der Waals surface area contributed by atoms with Crippen LogP contribution >= 0.6 is 0 Å². The molecule has 13 heteroatoms. The van der Waals surface area contributed by atoms with Crippen LogP contribution in [0.1, 0.15) is 48.5 Å². The van der Waals surface area contributed by atoms with E-state index in [2.05, 4.69) is 10.2 Å². The highest BCUT2D eigenvalue weighted by molar-refractivity contribution is 5.84. The van der Waals surface area contributed by atoms with Gasteiger partial charge in [0.25, 0.3) is 0 Å². The number of piperidine rings is 1. The summed E-state index contributed by atoms with van der Waals surface area (Å²) in [5.74, 6) is -3.70. The monoisotopic (exact) mass is 622 g/mol. The number of aliphatic hydroxyl groups excluding tert-OH is 1. The van der Waals surface area contributed by atoms with Crippen LogP contribution in [0.4, 0.5) is 0 Å². The van der Waals surface area contributed by atoms with Crippen LogP contribution < -0.4 is 10.1 Å². The molecule has 0 radical (unpaired) electrons. The van der Waals surface area contributed by atoms with Crippen molar-refractivity contribution in [2.45, 2.75) is 67.5 Å². The van der Waals surface area contributed by atoms with E-state index in [4.69, 9.17) is 19.3 Å². The second kappa shape index (κ2) is 11.5. The number of phenols is 1. The van der Waals surface area contributed by atoms with E-state index in [1.807, 2.05) is 13.1 Å². The minimum absolute atomic E-state index is 0.0661. The van der Waals surface area contributed by atoms with Gasteiger partial charge in [0.2, 0.25) is 12.0 Å². The zero-order valence-corrected chi connectivity index (χ0v) is 24.5. The molecule has 2 aromatic rings. The third-order valence-corrected chi connectivity index (χ3v) is 9.45. The summed E-state index contributed by atoms with van der Waals surface area (Å²) in [5.41, 5.74) is -0.183. The molecule has 2 heterocycles. The Balaban J connectivity index is 1.22. The highest BCUT2D eigenvalue weighted by Gasteiger charge is 2.72. The van der Waals surface area contributed by atoms with Crippen LogP contribution in [-0.4, -0.2) is 93.1 Å². The Bertz CT molecular complexity index is 1580. The number of carbonyl (C=O) groups is 4. The molecule has 1 saturated heterocycles. The third-order valence-electron chi connectivity index (χ3n) is 9.45. The summed E-state index contributed by atoms with van der Waals surface area (Å²) >= 11 is 0. The maximum absolute atomic E-state index is 13.7. The first-order valence-corrected chi connectivity index (χ1v) is 14.7. The zero-order chi connectivity index (χ0) is 32.1. The predicted molar refractivity (Wildman–Crippen MR) is 154 cm³/mol. The van der Waals surface area contributed by atoms with Gasteiger partial charge in [0.15, 0.2) is 23.7 Å². The normalized spacial score (nSPS) is 27.2. The minimum Gasteiger partial charge on any atom is -0.504 e. The lowest BCUT2D eigenvalue weighted by Gasteiger charge is -2.61. The quantitative estimate of drug-likeness (QED) is 0.235. The second-order valence-corrected chi connectivity index (χ2v) is 12.0. The summed E-state index contributed by atoms with van der Waals surface area (Å²) in [7, 11) is 1.97. The van der Waals surface area contributed by atoms with E-state index < -0.39 is 59.6 Å². The van der Waals surface area contributed by atoms with Gasteiger partial charge >= 0.3 is 17.9 Å². The molecule has 1 spiro atoms. The molecule has 238 valence electrons. The molecule has 2 bridgehead atoms. The fraction of sp³-hybridized carbons (Fsp3) is 0.438. The standard InChI is InChI=1S/C32H34N2O11/c1-34-14-12-31-25-18-7-8-19(35)27(25)45-28(31)21(9-11-32(31,42)22(34)15-18)43-30(41)26(17-5-3-2-4-6-17)44-24(38)10-13-33-23(37)16-20(36)29(39)40/h2-9,20,22,26,28,35-36,42H,10-16H2,1H3,(H,33,37)(H,39,40)/t20-,22+,26+,28?,31?,32+/m0/s1. The van der Waals surface area contributed by atoms with Crippen molar-refractivity contribution in [2.75, 3.05) is 20.1 Å². The number of phenolic OH excluding ortho intramolecular Hbond substituents is 1. The molecule has 2 aliphatic carbocycles. The zero-order valence-electron chi connectivity index (χ0n) is 24.5.